The van der Waals surface area contributed by atoms with Crippen molar-refractivity contribution >= 4 is 50.2 Å². The molecule has 0 aliphatic heterocycles. The fourth-order valence-electron chi connectivity index (χ4n) is 4.74. The monoisotopic (exact) mass is 619 g/mol. The van der Waals surface area contributed by atoms with Crippen LogP contribution in [0.15, 0.2) is 109 Å². The molecule has 0 saturated carbocycles. The van der Waals surface area contributed by atoms with Gasteiger partial charge in [0.05, 0.1) is 28.2 Å². The van der Waals surface area contributed by atoms with Gasteiger partial charge in [-0.25, -0.2) is 4.39 Å². The molecular formula is C36H34FN5O4. The molecule has 2 N–H and O–H groups in total. The Morgan fingerprint density at radius 2 is 1.17 bits per heavy atom. The normalized spacial score (nSPS) is 10.8. The lowest BCUT2D eigenvalue weighted by Gasteiger charge is -2.12. The van der Waals surface area contributed by atoms with Crippen molar-refractivity contribution in [2.75, 3.05) is 10.6 Å². The molecule has 10 heteroatoms. The molecule has 9 nitrogen and oxygen atoms in total. The molecule has 0 bridgehead atoms. The molecule has 0 atom stereocenters. The minimum atomic E-state index is -0.411. The van der Waals surface area contributed by atoms with Gasteiger partial charge in [-0.1, -0.05) is 12.1 Å². The molecule has 6 aromatic rings. The summed E-state index contributed by atoms with van der Waals surface area (Å²) in [6.07, 6.45) is 3.63. The number of fused-ring (bicyclic) bond motifs is 2. The number of nitrogens with zero attached hydrogens (tertiary/aromatic N) is 3. The number of halogens is 1. The van der Waals surface area contributed by atoms with E-state index in [-0.39, 0.29) is 23.7 Å². The van der Waals surface area contributed by atoms with Gasteiger partial charge in [0.1, 0.15) is 17.3 Å². The van der Waals surface area contributed by atoms with E-state index >= 15 is 0 Å². The van der Waals surface area contributed by atoms with Gasteiger partial charge >= 0.3 is 0 Å². The van der Waals surface area contributed by atoms with Crippen LogP contribution in [0.4, 0.5) is 32.8 Å². The molecule has 0 radical (unpaired) electrons. The molecule has 0 spiro atoms. The predicted octanol–water partition coefficient (Wildman–Crippen LogP) is 9.58. The summed E-state index contributed by atoms with van der Waals surface area (Å²) in [5, 5.41) is 19.2. The highest BCUT2D eigenvalue weighted by atomic mass is 19.1. The lowest BCUT2D eigenvalue weighted by molar-refractivity contribution is -0.384. The second kappa shape index (κ2) is 14.3. The maximum atomic E-state index is 13.3. The molecule has 0 fully saturated rings. The number of ether oxygens (including phenoxy) is 2. The largest absolute Gasteiger partial charge is 0.491 e. The van der Waals surface area contributed by atoms with Crippen LogP contribution < -0.4 is 20.1 Å². The molecule has 4 aromatic carbocycles. The number of pyridine rings is 2. The smallest absolute Gasteiger partial charge is 0.271 e. The Morgan fingerprint density at radius 1 is 0.674 bits per heavy atom. The van der Waals surface area contributed by atoms with E-state index in [2.05, 4.69) is 20.6 Å². The number of nitro groups is 1. The van der Waals surface area contributed by atoms with E-state index in [4.69, 9.17) is 9.47 Å². The minimum Gasteiger partial charge on any atom is -0.491 e. The van der Waals surface area contributed by atoms with E-state index in [9.17, 15) is 14.5 Å². The maximum absolute atomic E-state index is 13.3. The van der Waals surface area contributed by atoms with Gasteiger partial charge in [-0.3, -0.25) is 20.1 Å². The van der Waals surface area contributed by atoms with Crippen LogP contribution in [-0.2, 0) is 0 Å². The zero-order valence-corrected chi connectivity index (χ0v) is 25.9. The number of rotatable bonds is 9. The van der Waals surface area contributed by atoms with Crippen LogP contribution in [0.2, 0.25) is 0 Å². The lowest BCUT2D eigenvalue weighted by atomic mass is 10.1. The summed E-state index contributed by atoms with van der Waals surface area (Å²) in [5.41, 5.74) is 4.74. The van der Waals surface area contributed by atoms with Gasteiger partial charge in [0.2, 0.25) is 0 Å². The molecular weight excluding hydrogens is 585 g/mol. The van der Waals surface area contributed by atoms with Crippen molar-refractivity contribution in [2.24, 2.45) is 0 Å². The zero-order chi connectivity index (χ0) is 32.6. The summed E-state index contributed by atoms with van der Waals surface area (Å²) in [4.78, 5) is 19.2. The molecule has 234 valence electrons. The van der Waals surface area contributed by atoms with Crippen molar-refractivity contribution in [1.29, 1.82) is 0 Å². The number of nitro benzene ring substituents is 1. The third-order valence-electron chi connectivity index (χ3n) is 6.61. The van der Waals surface area contributed by atoms with E-state index in [0.717, 1.165) is 44.7 Å². The molecule has 0 aliphatic carbocycles. The molecule has 0 unspecified atom stereocenters. The Kier molecular flexibility index (Phi) is 9.87. The van der Waals surface area contributed by atoms with Crippen LogP contribution in [0.1, 0.15) is 27.7 Å². The van der Waals surface area contributed by atoms with Crippen LogP contribution in [0.5, 0.6) is 11.5 Å². The summed E-state index contributed by atoms with van der Waals surface area (Å²) in [6, 6.07) is 28.0. The number of hydrogen-bond donors (Lipinski definition) is 2. The summed E-state index contributed by atoms with van der Waals surface area (Å²) >= 11 is 0. The van der Waals surface area contributed by atoms with Crippen LogP contribution in [0.3, 0.4) is 0 Å². The number of non-ortho nitro benzene ring substituents is 1. The third kappa shape index (κ3) is 8.23. The number of nitrogens with one attached hydrogen (secondary N) is 2. The van der Waals surface area contributed by atoms with E-state index in [0.29, 0.717) is 11.4 Å². The lowest BCUT2D eigenvalue weighted by Crippen LogP contribution is -2.05. The first-order valence-corrected chi connectivity index (χ1v) is 14.8. The molecule has 0 amide bonds. The highest BCUT2D eigenvalue weighted by Gasteiger charge is 2.09. The highest BCUT2D eigenvalue weighted by Crippen LogP contribution is 2.30. The zero-order valence-electron chi connectivity index (χ0n) is 25.9. The van der Waals surface area contributed by atoms with Gasteiger partial charge in [-0.2, -0.15) is 0 Å². The Bertz CT molecular complexity index is 1980. The highest BCUT2D eigenvalue weighted by molar-refractivity contribution is 5.94. The average Bonchev–Trinajstić information content (AvgIpc) is 3.01. The summed E-state index contributed by atoms with van der Waals surface area (Å²) in [5.74, 6) is 1.28. The van der Waals surface area contributed by atoms with Crippen molar-refractivity contribution in [2.45, 2.75) is 39.9 Å². The van der Waals surface area contributed by atoms with Gasteiger partial charge in [0.25, 0.3) is 5.69 Å². The van der Waals surface area contributed by atoms with Crippen molar-refractivity contribution < 1.29 is 18.8 Å². The molecule has 2 aromatic heterocycles. The van der Waals surface area contributed by atoms with Crippen LogP contribution in [0.25, 0.3) is 21.8 Å². The number of benzene rings is 4. The average molecular weight is 620 g/mol. The first-order valence-electron chi connectivity index (χ1n) is 14.8. The maximum Gasteiger partial charge on any atom is 0.271 e. The van der Waals surface area contributed by atoms with Gasteiger partial charge in [-0.05, 0) is 88.4 Å². The summed E-state index contributed by atoms with van der Waals surface area (Å²) < 4.78 is 24.7. The summed E-state index contributed by atoms with van der Waals surface area (Å²) in [6.45, 7) is 7.91. The van der Waals surface area contributed by atoms with E-state index in [1.54, 1.807) is 30.6 Å². The van der Waals surface area contributed by atoms with Crippen LogP contribution >= 0.6 is 0 Å². The quantitative estimate of drug-likeness (QED) is 0.122. The van der Waals surface area contributed by atoms with E-state index < -0.39 is 4.92 Å². The Hall–Kier alpha value is -5.77. The SMILES string of the molecule is CC(C)Oc1ccc2c(Nc3cccc(F)c3)ccnc2c1.CC(C)Oc1ccc2c(Nc3cccc([N+](=O)[O-])c3)ccnc2c1. The first kappa shape index (κ1) is 31.6. The molecule has 6 rings (SSSR count). The van der Waals surface area contributed by atoms with Gasteiger partial charge < -0.3 is 20.1 Å². The van der Waals surface area contributed by atoms with E-state index in [1.165, 1.54) is 24.3 Å². The molecule has 0 aliphatic rings. The van der Waals surface area contributed by atoms with E-state index in [1.807, 2.05) is 82.3 Å². The second-order valence-electron chi connectivity index (χ2n) is 11.0. The van der Waals surface area contributed by atoms with Crippen LogP contribution in [-0.4, -0.2) is 27.1 Å². The summed E-state index contributed by atoms with van der Waals surface area (Å²) in [7, 11) is 0. The fourth-order valence-corrected chi connectivity index (χ4v) is 4.74. The van der Waals surface area contributed by atoms with Gasteiger partial charge in [-0.15, -0.1) is 0 Å². The Morgan fingerprint density at radius 3 is 1.65 bits per heavy atom. The van der Waals surface area contributed by atoms with Crippen molar-refractivity contribution in [3.05, 3.63) is 125 Å². The van der Waals surface area contributed by atoms with Crippen molar-refractivity contribution in [3.8, 4) is 11.5 Å². The Balaban J connectivity index is 0.000000182. The minimum absolute atomic E-state index is 0.0472. The van der Waals surface area contributed by atoms with Gasteiger partial charge in [0, 0.05) is 70.2 Å². The second-order valence-corrected chi connectivity index (χ2v) is 11.0. The number of anilines is 4. The topological polar surface area (TPSA) is 111 Å². The Labute approximate surface area is 266 Å². The van der Waals surface area contributed by atoms with Gasteiger partial charge in [0.15, 0.2) is 0 Å². The number of hydrogen-bond acceptors (Lipinski definition) is 8. The number of aromatic nitrogens is 2. The third-order valence-corrected chi connectivity index (χ3v) is 6.61. The molecule has 2 heterocycles. The molecule has 0 saturated heterocycles. The fraction of sp³-hybridized carbons (Fsp3) is 0.167. The first-order chi connectivity index (χ1) is 22.1. The van der Waals surface area contributed by atoms with Crippen molar-refractivity contribution in [3.63, 3.8) is 0 Å². The van der Waals surface area contributed by atoms with Crippen LogP contribution in [0, 0.1) is 15.9 Å². The van der Waals surface area contributed by atoms with Crippen molar-refractivity contribution in [1.82, 2.24) is 9.97 Å². The predicted molar refractivity (Wildman–Crippen MR) is 181 cm³/mol. The standard InChI is InChI=1S/C18H17FN2O.C18H17N3O3/c1-12(2)22-15-6-7-16-17(8-9-20-18(16)11-15)21-14-5-3-4-13(19)10-14;1-12(2)24-15-6-7-16-17(8-9-19-18(16)11-15)20-13-4-3-5-14(10-13)21(22)23/h3-12H,1-2H3,(H,20,21);3-12H,1-2H3,(H,19,20). The molecule has 46 heavy (non-hydrogen) atoms.